The average Bonchev–Trinajstić information content (AvgIpc) is 2.96. The summed E-state index contributed by atoms with van der Waals surface area (Å²) in [5.74, 6) is -1.46. The monoisotopic (exact) mass is 384 g/mol. The SMILES string of the molecule is COc1cc2c(c(OC)c1OC)C(=O)C(=O)N2C(C)C(=O)Nc1ccccc1. The molecular formula is C20H20N2O6. The van der Waals surface area contributed by atoms with Crippen molar-refractivity contribution in [2.45, 2.75) is 13.0 Å². The van der Waals surface area contributed by atoms with Gasteiger partial charge in [0.25, 0.3) is 11.7 Å². The lowest BCUT2D eigenvalue weighted by atomic mass is 10.1. The molecule has 0 radical (unpaired) electrons. The summed E-state index contributed by atoms with van der Waals surface area (Å²) in [5, 5.41) is 2.73. The largest absolute Gasteiger partial charge is 0.493 e. The van der Waals surface area contributed by atoms with Gasteiger partial charge in [-0.05, 0) is 19.1 Å². The Balaban J connectivity index is 2.04. The zero-order valence-electron chi connectivity index (χ0n) is 15.9. The number of ketones is 1. The number of carbonyl (C=O) groups is 3. The molecule has 0 bridgehead atoms. The van der Waals surface area contributed by atoms with Gasteiger partial charge in [0.05, 0.1) is 32.6 Å². The van der Waals surface area contributed by atoms with E-state index in [-0.39, 0.29) is 28.5 Å². The summed E-state index contributed by atoms with van der Waals surface area (Å²) in [6.07, 6.45) is 0. The molecule has 0 aromatic heterocycles. The number of carbonyl (C=O) groups excluding carboxylic acids is 3. The molecule has 0 aliphatic carbocycles. The zero-order chi connectivity index (χ0) is 20.4. The van der Waals surface area contributed by atoms with E-state index in [1.54, 1.807) is 31.2 Å². The fourth-order valence-corrected chi connectivity index (χ4v) is 3.15. The van der Waals surface area contributed by atoms with Crippen LogP contribution in [0.5, 0.6) is 17.2 Å². The summed E-state index contributed by atoms with van der Waals surface area (Å²) in [6, 6.07) is 9.39. The van der Waals surface area contributed by atoms with Gasteiger partial charge in [-0.15, -0.1) is 0 Å². The minimum absolute atomic E-state index is 0.0458. The van der Waals surface area contributed by atoms with Crippen LogP contribution < -0.4 is 24.4 Å². The van der Waals surface area contributed by atoms with Gasteiger partial charge >= 0.3 is 0 Å². The van der Waals surface area contributed by atoms with Crippen LogP contribution in [0.25, 0.3) is 0 Å². The van der Waals surface area contributed by atoms with Gasteiger partial charge in [-0.25, -0.2) is 0 Å². The van der Waals surface area contributed by atoms with E-state index in [0.29, 0.717) is 5.69 Å². The number of ether oxygens (including phenoxy) is 3. The van der Waals surface area contributed by atoms with E-state index in [9.17, 15) is 14.4 Å². The highest BCUT2D eigenvalue weighted by Gasteiger charge is 2.44. The maximum Gasteiger partial charge on any atom is 0.300 e. The van der Waals surface area contributed by atoms with Crippen LogP contribution in [0.3, 0.4) is 0 Å². The molecule has 1 N–H and O–H groups in total. The van der Waals surface area contributed by atoms with Crippen molar-refractivity contribution in [3.05, 3.63) is 42.0 Å². The number of anilines is 2. The molecule has 0 spiro atoms. The number of rotatable bonds is 6. The Morgan fingerprint density at radius 3 is 2.21 bits per heavy atom. The molecule has 0 saturated carbocycles. The van der Waals surface area contributed by atoms with Crippen molar-refractivity contribution in [1.82, 2.24) is 0 Å². The number of amides is 2. The van der Waals surface area contributed by atoms with Crippen molar-refractivity contribution in [2.24, 2.45) is 0 Å². The van der Waals surface area contributed by atoms with E-state index in [1.807, 2.05) is 6.07 Å². The van der Waals surface area contributed by atoms with Crippen LogP contribution in [0.4, 0.5) is 11.4 Å². The third-order valence-electron chi connectivity index (χ3n) is 4.52. The molecule has 1 atom stereocenters. The number of hydrogen-bond acceptors (Lipinski definition) is 6. The van der Waals surface area contributed by atoms with Crippen LogP contribution in [0.2, 0.25) is 0 Å². The van der Waals surface area contributed by atoms with Gasteiger partial charge < -0.3 is 19.5 Å². The van der Waals surface area contributed by atoms with E-state index >= 15 is 0 Å². The Kier molecular flexibility index (Phi) is 5.21. The standard InChI is InChI=1S/C20H20N2O6/c1-11(19(24)21-12-8-6-5-7-9-12)22-13-10-14(26-2)17(27-3)18(28-4)15(13)16(23)20(22)25/h5-11H,1-4H3,(H,21,24). The summed E-state index contributed by atoms with van der Waals surface area (Å²) < 4.78 is 15.9. The van der Waals surface area contributed by atoms with E-state index in [1.165, 1.54) is 27.4 Å². The predicted molar refractivity (Wildman–Crippen MR) is 102 cm³/mol. The van der Waals surface area contributed by atoms with E-state index < -0.39 is 23.6 Å². The van der Waals surface area contributed by atoms with Gasteiger partial charge in [-0.2, -0.15) is 0 Å². The van der Waals surface area contributed by atoms with Crippen molar-refractivity contribution >= 4 is 29.0 Å². The third-order valence-corrected chi connectivity index (χ3v) is 4.52. The van der Waals surface area contributed by atoms with Crippen LogP contribution in [0.15, 0.2) is 36.4 Å². The lowest BCUT2D eigenvalue weighted by Crippen LogP contribution is -2.45. The lowest BCUT2D eigenvalue weighted by Gasteiger charge is -2.25. The highest BCUT2D eigenvalue weighted by atomic mass is 16.5. The van der Waals surface area contributed by atoms with Gasteiger partial charge in [0, 0.05) is 11.8 Å². The van der Waals surface area contributed by atoms with E-state index in [0.717, 1.165) is 4.90 Å². The number of methoxy groups -OCH3 is 3. The number of nitrogens with zero attached hydrogens (tertiary/aromatic N) is 1. The molecular weight excluding hydrogens is 364 g/mol. The summed E-state index contributed by atoms with van der Waals surface area (Å²) in [7, 11) is 4.20. The Morgan fingerprint density at radius 2 is 1.64 bits per heavy atom. The molecule has 2 aromatic carbocycles. The molecule has 0 saturated heterocycles. The second-order valence-corrected chi connectivity index (χ2v) is 6.07. The van der Waals surface area contributed by atoms with Crippen LogP contribution >= 0.6 is 0 Å². The number of Topliss-reactive ketones (excluding diaryl/α,β-unsaturated/α-hetero) is 1. The molecule has 8 heteroatoms. The molecule has 1 aliphatic rings. The molecule has 1 heterocycles. The van der Waals surface area contributed by atoms with Gasteiger partial charge in [0.2, 0.25) is 11.7 Å². The number of fused-ring (bicyclic) bond motifs is 1. The number of benzene rings is 2. The molecule has 1 aliphatic heterocycles. The first-order chi connectivity index (χ1) is 13.4. The van der Waals surface area contributed by atoms with Crippen LogP contribution in [0, 0.1) is 0 Å². The summed E-state index contributed by atoms with van der Waals surface area (Å²) in [5.41, 5.74) is 0.868. The molecule has 146 valence electrons. The molecule has 8 nitrogen and oxygen atoms in total. The minimum Gasteiger partial charge on any atom is -0.493 e. The van der Waals surface area contributed by atoms with Crippen LogP contribution in [0.1, 0.15) is 17.3 Å². The first-order valence-corrected chi connectivity index (χ1v) is 8.51. The smallest absolute Gasteiger partial charge is 0.300 e. The van der Waals surface area contributed by atoms with Crippen molar-refractivity contribution < 1.29 is 28.6 Å². The minimum atomic E-state index is -0.944. The Bertz CT molecular complexity index is 941. The summed E-state index contributed by atoms with van der Waals surface area (Å²) >= 11 is 0. The number of nitrogens with one attached hydrogen (secondary N) is 1. The average molecular weight is 384 g/mol. The Morgan fingerprint density at radius 1 is 1.00 bits per heavy atom. The maximum absolute atomic E-state index is 12.7. The Hall–Kier alpha value is -3.55. The second kappa shape index (κ2) is 7.59. The van der Waals surface area contributed by atoms with Gasteiger partial charge in [-0.3, -0.25) is 19.3 Å². The van der Waals surface area contributed by atoms with Crippen molar-refractivity contribution in [3.8, 4) is 17.2 Å². The molecule has 3 rings (SSSR count). The first-order valence-electron chi connectivity index (χ1n) is 8.51. The molecule has 28 heavy (non-hydrogen) atoms. The van der Waals surface area contributed by atoms with Gasteiger partial charge in [0.15, 0.2) is 11.5 Å². The number of para-hydroxylation sites is 1. The lowest BCUT2D eigenvalue weighted by molar-refractivity contribution is -0.120. The zero-order valence-corrected chi connectivity index (χ0v) is 15.9. The fourth-order valence-electron chi connectivity index (χ4n) is 3.15. The van der Waals surface area contributed by atoms with Gasteiger partial charge in [0.1, 0.15) is 6.04 Å². The predicted octanol–water partition coefficient (Wildman–Crippen LogP) is 2.27. The van der Waals surface area contributed by atoms with Gasteiger partial charge in [-0.1, -0.05) is 18.2 Å². The molecule has 1 unspecified atom stereocenters. The van der Waals surface area contributed by atoms with Crippen LogP contribution in [-0.4, -0.2) is 45.0 Å². The summed E-state index contributed by atoms with van der Waals surface area (Å²) in [6.45, 7) is 1.54. The normalized spacial score (nSPS) is 13.8. The molecule has 2 aromatic rings. The second-order valence-electron chi connectivity index (χ2n) is 6.07. The third kappa shape index (κ3) is 3.02. The highest BCUT2D eigenvalue weighted by molar-refractivity contribution is 6.53. The maximum atomic E-state index is 12.7. The Labute approximate surface area is 162 Å². The fraction of sp³-hybridized carbons (Fsp3) is 0.250. The first kappa shape index (κ1) is 19.2. The van der Waals surface area contributed by atoms with Crippen molar-refractivity contribution in [3.63, 3.8) is 0 Å². The van der Waals surface area contributed by atoms with Crippen molar-refractivity contribution in [2.75, 3.05) is 31.5 Å². The highest BCUT2D eigenvalue weighted by Crippen LogP contribution is 2.48. The quantitative estimate of drug-likeness (QED) is 0.768. The summed E-state index contributed by atoms with van der Waals surface area (Å²) in [4.78, 5) is 39.2. The van der Waals surface area contributed by atoms with E-state index in [4.69, 9.17) is 14.2 Å². The molecule has 0 fully saturated rings. The number of hydrogen-bond donors (Lipinski definition) is 1. The molecule has 2 amide bonds. The van der Waals surface area contributed by atoms with E-state index in [2.05, 4.69) is 5.32 Å². The van der Waals surface area contributed by atoms with Crippen LogP contribution in [-0.2, 0) is 9.59 Å². The van der Waals surface area contributed by atoms with Crippen molar-refractivity contribution in [1.29, 1.82) is 0 Å². The topological polar surface area (TPSA) is 94.2 Å².